The number of aromatic nitrogens is 3. The molecule has 0 unspecified atom stereocenters. The summed E-state index contributed by atoms with van der Waals surface area (Å²) in [4.78, 5) is 22.3. The van der Waals surface area contributed by atoms with Crippen molar-refractivity contribution >= 4 is 11.9 Å². The molecular weight excluding hydrogens is 252 g/mol. The molecule has 0 saturated heterocycles. The largest absolute Gasteiger partial charge is 0.476 e. The minimum absolute atomic E-state index is 0.0562. The van der Waals surface area contributed by atoms with Crippen LogP contribution in [0.1, 0.15) is 36.2 Å². The highest BCUT2D eigenvalue weighted by atomic mass is 16.4. The number of aliphatic hydroxyl groups excluding tert-OH is 1. The van der Waals surface area contributed by atoms with Crippen molar-refractivity contribution in [2.24, 2.45) is 0 Å². The fraction of sp³-hybridized carbons (Fsp3) is 0.636. The van der Waals surface area contributed by atoms with E-state index in [4.69, 9.17) is 5.11 Å². The quantitative estimate of drug-likeness (QED) is 0.671. The van der Waals surface area contributed by atoms with Gasteiger partial charge in [0.25, 0.3) is 0 Å². The Morgan fingerprint density at radius 2 is 2.05 bits per heavy atom. The molecule has 1 aliphatic carbocycles. The molecule has 1 aliphatic rings. The summed E-state index contributed by atoms with van der Waals surface area (Å²) >= 11 is 0. The number of amides is 1. The molecular formula is C11H16N4O4. The highest BCUT2D eigenvalue weighted by molar-refractivity contribution is 5.84. The van der Waals surface area contributed by atoms with Crippen LogP contribution in [0.15, 0.2) is 6.20 Å². The van der Waals surface area contributed by atoms with Gasteiger partial charge in [-0.2, -0.15) is 0 Å². The number of carbonyl (C=O) groups excluding carboxylic acids is 1. The van der Waals surface area contributed by atoms with Gasteiger partial charge in [0.15, 0.2) is 5.69 Å². The van der Waals surface area contributed by atoms with Gasteiger partial charge >= 0.3 is 5.97 Å². The second kappa shape index (κ2) is 5.79. The second-order valence-corrected chi connectivity index (χ2v) is 4.68. The van der Waals surface area contributed by atoms with Crippen molar-refractivity contribution < 1.29 is 19.8 Å². The van der Waals surface area contributed by atoms with Crippen LogP contribution >= 0.6 is 0 Å². The Morgan fingerprint density at radius 1 is 1.37 bits per heavy atom. The molecule has 1 aromatic rings. The Labute approximate surface area is 109 Å². The summed E-state index contributed by atoms with van der Waals surface area (Å²) < 4.78 is 1.19. The lowest BCUT2D eigenvalue weighted by atomic mass is 9.93. The summed E-state index contributed by atoms with van der Waals surface area (Å²) in [6.45, 7) is -0.0562. The maximum absolute atomic E-state index is 11.7. The van der Waals surface area contributed by atoms with E-state index in [2.05, 4.69) is 15.6 Å². The molecule has 2 rings (SSSR count). The molecule has 8 heteroatoms. The lowest BCUT2D eigenvalue weighted by molar-refractivity contribution is -0.123. The van der Waals surface area contributed by atoms with Crippen molar-refractivity contribution in [3.8, 4) is 0 Å². The molecule has 0 bridgehead atoms. The maximum Gasteiger partial charge on any atom is 0.358 e. The van der Waals surface area contributed by atoms with Crippen LogP contribution in [0.3, 0.4) is 0 Å². The lowest BCUT2D eigenvalue weighted by Crippen LogP contribution is -2.40. The lowest BCUT2D eigenvalue weighted by Gasteiger charge is -2.26. The minimum atomic E-state index is -1.17. The molecule has 0 aromatic carbocycles. The molecule has 8 nitrogen and oxygen atoms in total. The number of carbonyl (C=O) groups is 2. The topological polar surface area (TPSA) is 117 Å². The van der Waals surface area contributed by atoms with E-state index < -0.39 is 5.97 Å². The first-order valence-corrected chi connectivity index (χ1v) is 6.15. The first-order valence-electron chi connectivity index (χ1n) is 6.15. The van der Waals surface area contributed by atoms with E-state index in [0.717, 1.165) is 12.8 Å². The maximum atomic E-state index is 11.7. The molecule has 0 radical (unpaired) electrons. The van der Waals surface area contributed by atoms with Crippen molar-refractivity contribution in [1.82, 2.24) is 20.3 Å². The molecule has 1 fully saturated rings. The summed E-state index contributed by atoms with van der Waals surface area (Å²) in [6.07, 6.45) is 3.85. The number of hydrogen-bond acceptors (Lipinski definition) is 5. The van der Waals surface area contributed by atoms with Gasteiger partial charge < -0.3 is 15.5 Å². The summed E-state index contributed by atoms with van der Waals surface area (Å²) in [6, 6.07) is 0.0679. The fourth-order valence-corrected chi connectivity index (χ4v) is 2.11. The predicted molar refractivity (Wildman–Crippen MR) is 63.4 cm³/mol. The normalized spacial score (nSPS) is 23.0. The number of hydrogen-bond donors (Lipinski definition) is 3. The van der Waals surface area contributed by atoms with E-state index in [9.17, 15) is 14.7 Å². The zero-order chi connectivity index (χ0) is 13.8. The van der Waals surface area contributed by atoms with E-state index in [0.29, 0.717) is 12.8 Å². The van der Waals surface area contributed by atoms with Crippen molar-refractivity contribution in [1.29, 1.82) is 0 Å². The van der Waals surface area contributed by atoms with Crippen LogP contribution in [0, 0.1) is 0 Å². The SMILES string of the molecule is O=C(Cn1cc(C(=O)O)nn1)NC1CCC(O)CC1. The average molecular weight is 268 g/mol. The Balaban J connectivity index is 1.82. The van der Waals surface area contributed by atoms with Crippen molar-refractivity contribution in [2.45, 2.75) is 44.4 Å². The minimum Gasteiger partial charge on any atom is -0.476 e. The Morgan fingerprint density at radius 3 is 2.63 bits per heavy atom. The van der Waals surface area contributed by atoms with Gasteiger partial charge in [0.2, 0.25) is 5.91 Å². The van der Waals surface area contributed by atoms with E-state index in [-0.39, 0.29) is 30.3 Å². The molecule has 1 heterocycles. The Hall–Kier alpha value is -1.96. The molecule has 104 valence electrons. The molecule has 0 spiro atoms. The van der Waals surface area contributed by atoms with Gasteiger partial charge in [0, 0.05) is 6.04 Å². The summed E-state index contributed by atoms with van der Waals surface area (Å²) in [7, 11) is 0. The van der Waals surface area contributed by atoms with Gasteiger partial charge in [-0.05, 0) is 25.7 Å². The predicted octanol–water partition coefficient (Wildman–Crippen LogP) is -0.604. The number of rotatable bonds is 4. The van der Waals surface area contributed by atoms with Crippen molar-refractivity contribution in [3.05, 3.63) is 11.9 Å². The molecule has 1 amide bonds. The van der Waals surface area contributed by atoms with E-state index in [1.807, 2.05) is 0 Å². The smallest absolute Gasteiger partial charge is 0.358 e. The van der Waals surface area contributed by atoms with Crippen LogP contribution in [-0.2, 0) is 11.3 Å². The highest BCUT2D eigenvalue weighted by Crippen LogP contribution is 2.18. The number of nitrogens with zero attached hydrogens (tertiary/aromatic N) is 3. The zero-order valence-electron chi connectivity index (χ0n) is 10.3. The summed E-state index contributed by atoms with van der Waals surface area (Å²) in [5.41, 5.74) is -0.186. The van der Waals surface area contributed by atoms with Crippen LogP contribution in [0.2, 0.25) is 0 Å². The van der Waals surface area contributed by atoms with Crippen molar-refractivity contribution in [2.75, 3.05) is 0 Å². The van der Waals surface area contributed by atoms with Gasteiger partial charge in [-0.25, -0.2) is 9.48 Å². The number of nitrogens with one attached hydrogen (secondary N) is 1. The highest BCUT2D eigenvalue weighted by Gasteiger charge is 2.21. The Bertz CT molecular complexity index is 465. The third-order valence-corrected chi connectivity index (χ3v) is 3.13. The number of aliphatic hydroxyl groups is 1. The Kier molecular flexibility index (Phi) is 4.10. The van der Waals surface area contributed by atoms with Gasteiger partial charge in [-0.15, -0.1) is 5.10 Å². The molecule has 1 saturated carbocycles. The molecule has 19 heavy (non-hydrogen) atoms. The molecule has 0 atom stereocenters. The van der Waals surface area contributed by atoms with Gasteiger partial charge in [0.1, 0.15) is 6.54 Å². The fourth-order valence-electron chi connectivity index (χ4n) is 2.11. The van der Waals surface area contributed by atoms with Crippen LogP contribution in [0.4, 0.5) is 0 Å². The molecule has 1 aromatic heterocycles. The first-order chi connectivity index (χ1) is 9.04. The first kappa shape index (κ1) is 13.5. The van der Waals surface area contributed by atoms with Crippen LogP contribution in [-0.4, -0.2) is 49.2 Å². The third kappa shape index (κ3) is 3.75. The van der Waals surface area contributed by atoms with Gasteiger partial charge in [-0.1, -0.05) is 5.21 Å². The number of aromatic carboxylic acids is 1. The second-order valence-electron chi connectivity index (χ2n) is 4.68. The van der Waals surface area contributed by atoms with Gasteiger partial charge in [-0.3, -0.25) is 4.79 Å². The summed E-state index contributed by atoms with van der Waals surface area (Å²) in [5, 5.41) is 27.9. The summed E-state index contributed by atoms with van der Waals surface area (Å²) in [5.74, 6) is -1.41. The molecule has 0 aliphatic heterocycles. The van der Waals surface area contributed by atoms with E-state index in [1.54, 1.807) is 0 Å². The van der Waals surface area contributed by atoms with E-state index in [1.165, 1.54) is 10.9 Å². The van der Waals surface area contributed by atoms with Crippen LogP contribution < -0.4 is 5.32 Å². The standard InChI is InChI=1S/C11H16N4O4/c16-8-3-1-7(2-4-8)12-10(17)6-15-5-9(11(18)19)13-14-15/h5,7-8,16H,1-4,6H2,(H,12,17)(H,18,19). The van der Waals surface area contributed by atoms with Gasteiger partial charge in [0.05, 0.1) is 12.3 Å². The number of carboxylic acids is 1. The van der Waals surface area contributed by atoms with Crippen molar-refractivity contribution in [3.63, 3.8) is 0 Å². The third-order valence-electron chi connectivity index (χ3n) is 3.13. The molecule has 3 N–H and O–H groups in total. The van der Waals surface area contributed by atoms with E-state index >= 15 is 0 Å². The van der Waals surface area contributed by atoms with Crippen LogP contribution in [0.25, 0.3) is 0 Å². The average Bonchev–Trinajstić information content (AvgIpc) is 2.80. The zero-order valence-corrected chi connectivity index (χ0v) is 10.3. The monoisotopic (exact) mass is 268 g/mol. The van der Waals surface area contributed by atoms with Crippen LogP contribution in [0.5, 0.6) is 0 Å². The number of carboxylic acid groups (broad SMARTS) is 1.